The Morgan fingerprint density at radius 2 is 2.00 bits per heavy atom. The predicted octanol–water partition coefficient (Wildman–Crippen LogP) is 2.54. The highest BCUT2D eigenvalue weighted by molar-refractivity contribution is 7.92. The Kier molecular flexibility index (Phi) is 8.22. The zero-order valence-corrected chi connectivity index (χ0v) is 20.9. The van der Waals surface area contributed by atoms with Crippen LogP contribution in [0, 0.1) is 17.2 Å². The third kappa shape index (κ3) is 6.61. The molecule has 36 heavy (non-hydrogen) atoms. The molecule has 2 aromatic rings. The van der Waals surface area contributed by atoms with Gasteiger partial charge in [-0.1, -0.05) is 12.8 Å². The van der Waals surface area contributed by atoms with Crippen LogP contribution in [0.25, 0.3) is 0 Å². The Morgan fingerprint density at radius 1 is 1.17 bits per heavy atom. The fourth-order valence-electron chi connectivity index (χ4n) is 4.69. The van der Waals surface area contributed by atoms with Gasteiger partial charge in [-0.15, -0.1) is 0 Å². The van der Waals surface area contributed by atoms with E-state index in [1.165, 1.54) is 12.1 Å². The monoisotopic (exact) mass is 513 g/mol. The lowest BCUT2D eigenvalue weighted by Gasteiger charge is -2.36. The van der Waals surface area contributed by atoms with Gasteiger partial charge in [0, 0.05) is 25.7 Å². The van der Waals surface area contributed by atoms with Crippen molar-refractivity contribution >= 4 is 39.1 Å². The Labute approximate surface area is 211 Å². The van der Waals surface area contributed by atoms with Gasteiger partial charge in [-0.3, -0.25) is 9.52 Å². The third-order valence-electron chi connectivity index (χ3n) is 6.39. The van der Waals surface area contributed by atoms with Gasteiger partial charge in [0.2, 0.25) is 16.0 Å². The molecule has 0 spiro atoms. The van der Waals surface area contributed by atoms with E-state index in [1.54, 1.807) is 12.1 Å². The van der Waals surface area contributed by atoms with E-state index in [0.29, 0.717) is 29.4 Å². The number of aliphatic hydroxyl groups excluding tert-OH is 1. The Morgan fingerprint density at radius 3 is 2.81 bits per heavy atom. The minimum Gasteiger partial charge on any atom is -0.395 e. The highest BCUT2D eigenvalue weighted by Gasteiger charge is 2.25. The van der Waals surface area contributed by atoms with Crippen molar-refractivity contribution in [3.63, 3.8) is 0 Å². The highest BCUT2D eigenvalue weighted by atomic mass is 32.2. The largest absolute Gasteiger partial charge is 0.395 e. The SMILES string of the molecule is N#Cc1cc2nc(n1)NCCCCC[C@H]1CCCN(C1)c1cc(NS(=O)(=O)CCO)ccc1C(=O)N2. The fourth-order valence-corrected chi connectivity index (χ4v) is 5.51. The number of rotatable bonds is 4. The second kappa shape index (κ2) is 11.5. The van der Waals surface area contributed by atoms with E-state index >= 15 is 0 Å². The second-order valence-electron chi connectivity index (χ2n) is 9.13. The number of aromatic nitrogens is 2. The summed E-state index contributed by atoms with van der Waals surface area (Å²) in [6.45, 7) is 1.72. The maximum absolute atomic E-state index is 13.4. The number of carbonyl (C=O) groups is 1. The molecule has 192 valence electrons. The number of nitriles is 1. The number of amides is 1. The maximum atomic E-state index is 13.4. The summed E-state index contributed by atoms with van der Waals surface area (Å²) in [6.07, 6.45) is 6.25. The first-order chi connectivity index (χ1) is 17.4. The highest BCUT2D eigenvalue weighted by Crippen LogP contribution is 2.32. The molecule has 4 N–H and O–H groups in total. The van der Waals surface area contributed by atoms with E-state index in [4.69, 9.17) is 5.11 Å². The zero-order valence-electron chi connectivity index (χ0n) is 20.0. The number of fused-ring (bicyclic) bond motifs is 6. The number of hydrogen-bond donors (Lipinski definition) is 4. The van der Waals surface area contributed by atoms with E-state index < -0.39 is 28.3 Å². The minimum absolute atomic E-state index is 0.136. The molecule has 2 aliphatic heterocycles. The topological polar surface area (TPSA) is 160 Å². The molecular formula is C24H31N7O4S. The summed E-state index contributed by atoms with van der Waals surface area (Å²) in [5.74, 6) is 0.140. The zero-order chi connectivity index (χ0) is 25.5. The molecule has 1 fully saturated rings. The first-order valence-corrected chi connectivity index (χ1v) is 13.9. The van der Waals surface area contributed by atoms with Gasteiger partial charge in [-0.2, -0.15) is 10.2 Å². The Bertz CT molecular complexity index is 1250. The van der Waals surface area contributed by atoms with Crippen LogP contribution in [0.4, 0.5) is 23.1 Å². The van der Waals surface area contributed by atoms with Crippen molar-refractivity contribution in [2.45, 2.75) is 38.5 Å². The van der Waals surface area contributed by atoms with Crippen LogP contribution in [-0.4, -0.2) is 61.4 Å². The van der Waals surface area contributed by atoms with Gasteiger partial charge >= 0.3 is 0 Å². The molecule has 0 radical (unpaired) electrons. The summed E-state index contributed by atoms with van der Waals surface area (Å²) < 4.78 is 27.0. The number of anilines is 4. The number of sulfonamides is 1. The lowest BCUT2D eigenvalue weighted by Crippen LogP contribution is -2.36. The van der Waals surface area contributed by atoms with Crippen molar-refractivity contribution in [1.82, 2.24) is 9.97 Å². The van der Waals surface area contributed by atoms with Crippen LogP contribution in [0.5, 0.6) is 0 Å². The average molecular weight is 514 g/mol. The van der Waals surface area contributed by atoms with Crippen molar-refractivity contribution in [2.75, 3.05) is 52.2 Å². The second-order valence-corrected chi connectivity index (χ2v) is 11.0. The number of piperidine rings is 1. The summed E-state index contributed by atoms with van der Waals surface area (Å²) in [5, 5.41) is 24.3. The molecule has 2 aliphatic rings. The van der Waals surface area contributed by atoms with Gasteiger partial charge in [0.15, 0.2) is 0 Å². The molecule has 0 unspecified atom stereocenters. The van der Waals surface area contributed by atoms with Gasteiger partial charge in [0.25, 0.3) is 5.91 Å². The molecule has 1 amide bonds. The molecule has 3 heterocycles. The fraction of sp³-hybridized carbons (Fsp3) is 0.500. The molecule has 11 nitrogen and oxygen atoms in total. The van der Waals surface area contributed by atoms with Crippen LogP contribution < -0.4 is 20.3 Å². The maximum Gasteiger partial charge on any atom is 0.258 e. The van der Waals surface area contributed by atoms with Crippen LogP contribution in [-0.2, 0) is 10.0 Å². The molecule has 0 saturated carbocycles. The van der Waals surface area contributed by atoms with Crippen molar-refractivity contribution in [2.24, 2.45) is 5.92 Å². The van der Waals surface area contributed by atoms with E-state index in [2.05, 4.69) is 30.2 Å². The van der Waals surface area contributed by atoms with Gasteiger partial charge in [0.1, 0.15) is 17.6 Å². The first kappa shape index (κ1) is 25.7. The summed E-state index contributed by atoms with van der Waals surface area (Å²) in [4.78, 5) is 24.1. The van der Waals surface area contributed by atoms with Crippen LogP contribution >= 0.6 is 0 Å². The van der Waals surface area contributed by atoms with E-state index in [0.717, 1.165) is 51.6 Å². The minimum atomic E-state index is -3.72. The number of nitrogens with zero attached hydrogens (tertiary/aromatic N) is 4. The van der Waals surface area contributed by atoms with E-state index in [9.17, 15) is 18.5 Å². The number of nitrogens with one attached hydrogen (secondary N) is 3. The van der Waals surface area contributed by atoms with Crippen LogP contribution in [0.2, 0.25) is 0 Å². The number of hydrogen-bond acceptors (Lipinski definition) is 9. The van der Waals surface area contributed by atoms with E-state index in [-0.39, 0.29) is 17.5 Å². The molecule has 12 heteroatoms. The lowest BCUT2D eigenvalue weighted by atomic mass is 9.91. The molecule has 1 aromatic carbocycles. The van der Waals surface area contributed by atoms with Crippen molar-refractivity contribution in [3.05, 3.63) is 35.5 Å². The van der Waals surface area contributed by atoms with Gasteiger partial charge < -0.3 is 20.6 Å². The smallest absolute Gasteiger partial charge is 0.258 e. The Balaban J connectivity index is 1.72. The average Bonchev–Trinajstić information content (AvgIpc) is 2.85. The summed E-state index contributed by atoms with van der Waals surface area (Å²) in [7, 11) is -3.72. The number of aliphatic hydroxyl groups is 1. The van der Waals surface area contributed by atoms with Gasteiger partial charge in [0.05, 0.1) is 29.3 Å². The lowest BCUT2D eigenvalue weighted by molar-refractivity contribution is 0.102. The molecule has 0 aliphatic carbocycles. The van der Waals surface area contributed by atoms with Gasteiger partial charge in [-0.25, -0.2) is 13.4 Å². The first-order valence-electron chi connectivity index (χ1n) is 12.2. The summed E-state index contributed by atoms with van der Waals surface area (Å²) in [6, 6.07) is 8.20. The molecule has 1 aromatic heterocycles. The number of carbonyl (C=O) groups excluding carboxylic acids is 1. The quantitative estimate of drug-likeness (QED) is 0.481. The normalized spacial score (nSPS) is 18.8. The predicted molar refractivity (Wildman–Crippen MR) is 138 cm³/mol. The molecule has 1 saturated heterocycles. The summed E-state index contributed by atoms with van der Waals surface area (Å²) >= 11 is 0. The van der Waals surface area contributed by atoms with Crippen LogP contribution in [0.1, 0.15) is 54.6 Å². The molecule has 1 atom stereocenters. The standard InChI is InChI=1S/C24H31N7O4S/c25-15-19-14-22-28-23(33)20-8-7-18(30-36(34,35)12-11-32)13-21(20)31-10-4-6-17(16-31)5-2-1-3-9-26-24(27-19)29-22/h7-8,13-14,17,30,32H,1-6,9-12,16H2,(H2,26,27,28,29,33)/t17-/m0/s1. The Hall–Kier alpha value is -3.43. The molecular weight excluding hydrogens is 482 g/mol. The van der Waals surface area contributed by atoms with Crippen molar-refractivity contribution in [3.8, 4) is 6.07 Å². The van der Waals surface area contributed by atoms with E-state index in [1.807, 2.05) is 6.07 Å². The van der Waals surface area contributed by atoms with Gasteiger partial charge in [-0.05, 0) is 49.8 Å². The van der Waals surface area contributed by atoms with Crippen LogP contribution in [0.3, 0.4) is 0 Å². The molecule has 4 bridgehead atoms. The van der Waals surface area contributed by atoms with Crippen LogP contribution in [0.15, 0.2) is 24.3 Å². The molecule has 4 rings (SSSR count). The van der Waals surface area contributed by atoms with Crippen molar-refractivity contribution < 1.29 is 18.3 Å². The number of benzene rings is 1. The summed E-state index contributed by atoms with van der Waals surface area (Å²) in [5.41, 5.74) is 1.46. The third-order valence-corrected chi connectivity index (χ3v) is 7.66. The van der Waals surface area contributed by atoms with Crippen molar-refractivity contribution in [1.29, 1.82) is 5.26 Å².